The maximum atomic E-state index is 5.77. The fraction of sp³-hybridized carbons (Fsp3) is 0.385. The van der Waals surface area contributed by atoms with Crippen molar-refractivity contribution in [3.05, 3.63) is 40.4 Å². The van der Waals surface area contributed by atoms with Crippen molar-refractivity contribution >= 4 is 15.9 Å². The summed E-state index contributed by atoms with van der Waals surface area (Å²) >= 11 is 3.46. The lowest BCUT2D eigenvalue weighted by Crippen LogP contribution is -2.05. The zero-order valence-corrected chi connectivity index (χ0v) is 11.2. The van der Waals surface area contributed by atoms with Gasteiger partial charge in [-0.2, -0.15) is 0 Å². The Hall–Kier alpha value is -0.800. The molecule has 2 nitrogen and oxygen atoms in total. The molecule has 0 atom stereocenters. The number of hydrogen-bond acceptors (Lipinski definition) is 2. The summed E-state index contributed by atoms with van der Waals surface area (Å²) in [5, 5.41) is 0. The first-order chi connectivity index (χ1) is 7.69. The van der Waals surface area contributed by atoms with Crippen molar-refractivity contribution in [2.24, 2.45) is 5.73 Å². The molecule has 1 rings (SSSR count). The van der Waals surface area contributed by atoms with E-state index in [1.54, 1.807) is 0 Å². The first-order valence-corrected chi connectivity index (χ1v) is 6.21. The highest BCUT2D eigenvalue weighted by atomic mass is 79.9. The SMILES string of the molecule is C=CCCCOc1c(C)cc(Br)cc1CN. The number of halogens is 1. The summed E-state index contributed by atoms with van der Waals surface area (Å²) in [6.45, 7) is 6.93. The Morgan fingerprint density at radius 3 is 2.88 bits per heavy atom. The van der Waals surface area contributed by atoms with Crippen molar-refractivity contribution in [2.75, 3.05) is 6.61 Å². The van der Waals surface area contributed by atoms with E-state index in [2.05, 4.69) is 22.5 Å². The van der Waals surface area contributed by atoms with E-state index >= 15 is 0 Å². The number of allylic oxidation sites excluding steroid dienone is 1. The van der Waals surface area contributed by atoms with E-state index < -0.39 is 0 Å². The topological polar surface area (TPSA) is 35.2 Å². The predicted octanol–water partition coefficient (Wildman–Crippen LogP) is 3.56. The molecule has 16 heavy (non-hydrogen) atoms. The number of nitrogens with two attached hydrogens (primary N) is 1. The second-order valence-corrected chi connectivity index (χ2v) is 4.61. The average Bonchev–Trinajstić information content (AvgIpc) is 2.26. The Bertz CT molecular complexity index is 363. The maximum absolute atomic E-state index is 5.77. The van der Waals surface area contributed by atoms with E-state index in [-0.39, 0.29) is 0 Å². The minimum Gasteiger partial charge on any atom is -0.493 e. The summed E-state index contributed by atoms with van der Waals surface area (Å²) in [5.74, 6) is 0.926. The highest BCUT2D eigenvalue weighted by Crippen LogP contribution is 2.27. The van der Waals surface area contributed by atoms with Crippen molar-refractivity contribution in [1.82, 2.24) is 0 Å². The van der Waals surface area contributed by atoms with E-state index in [0.717, 1.165) is 34.2 Å². The second-order valence-electron chi connectivity index (χ2n) is 3.69. The Labute approximate surface area is 106 Å². The van der Waals surface area contributed by atoms with Gasteiger partial charge in [-0.1, -0.05) is 22.0 Å². The van der Waals surface area contributed by atoms with Crippen LogP contribution >= 0.6 is 15.9 Å². The maximum Gasteiger partial charge on any atom is 0.126 e. The molecule has 0 aromatic heterocycles. The van der Waals surface area contributed by atoms with Gasteiger partial charge in [-0.05, 0) is 37.5 Å². The quantitative estimate of drug-likeness (QED) is 0.640. The van der Waals surface area contributed by atoms with Gasteiger partial charge in [0.25, 0.3) is 0 Å². The largest absolute Gasteiger partial charge is 0.493 e. The normalized spacial score (nSPS) is 10.2. The Morgan fingerprint density at radius 1 is 1.50 bits per heavy atom. The van der Waals surface area contributed by atoms with Crippen LogP contribution in [0, 0.1) is 6.92 Å². The highest BCUT2D eigenvalue weighted by Gasteiger charge is 2.07. The Morgan fingerprint density at radius 2 is 2.25 bits per heavy atom. The average molecular weight is 284 g/mol. The van der Waals surface area contributed by atoms with Crippen LogP contribution in [0.15, 0.2) is 29.3 Å². The molecular weight excluding hydrogens is 266 g/mol. The first-order valence-electron chi connectivity index (χ1n) is 5.41. The fourth-order valence-corrected chi connectivity index (χ4v) is 2.18. The zero-order chi connectivity index (χ0) is 12.0. The lowest BCUT2D eigenvalue weighted by molar-refractivity contribution is 0.307. The molecule has 0 radical (unpaired) electrons. The number of benzene rings is 1. The van der Waals surface area contributed by atoms with Gasteiger partial charge in [0, 0.05) is 16.6 Å². The molecule has 0 heterocycles. The lowest BCUT2D eigenvalue weighted by atomic mass is 10.1. The summed E-state index contributed by atoms with van der Waals surface area (Å²) in [4.78, 5) is 0. The van der Waals surface area contributed by atoms with Gasteiger partial charge in [0.15, 0.2) is 0 Å². The third kappa shape index (κ3) is 3.65. The summed E-state index contributed by atoms with van der Waals surface area (Å²) < 4.78 is 6.81. The smallest absolute Gasteiger partial charge is 0.126 e. The molecule has 0 amide bonds. The standard InChI is InChI=1S/C13H18BrNO/c1-3-4-5-6-16-13-10(2)7-12(14)8-11(13)9-15/h3,7-8H,1,4-6,9,15H2,2H3. The molecular formula is C13H18BrNO. The van der Waals surface area contributed by atoms with Crippen LogP contribution in [0.25, 0.3) is 0 Å². The van der Waals surface area contributed by atoms with Crippen molar-refractivity contribution in [3.63, 3.8) is 0 Å². The Balaban J connectivity index is 2.73. The second kappa shape index (κ2) is 6.71. The van der Waals surface area contributed by atoms with Crippen LogP contribution in [0.1, 0.15) is 24.0 Å². The number of ether oxygens (including phenoxy) is 1. The van der Waals surface area contributed by atoms with Gasteiger partial charge in [-0.15, -0.1) is 6.58 Å². The van der Waals surface area contributed by atoms with Crippen LogP contribution in [-0.4, -0.2) is 6.61 Å². The number of aryl methyl sites for hydroxylation is 1. The van der Waals surface area contributed by atoms with Crippen LogP contribution in [0.4, 0.5) is 0 Å². The van der Waals surface area contributed by atoms with E-state index in [4.69, 9.17) is 10.5 Å². The van der Waals surface area contributed by atoms with E-state index in [0.29, 0.717) is 13.2 Å². The molecule has 0 spiro atoms. The van der Waals surface area contributed by atoms with Gasteiger partial charge < -0.3 is 10.5 Å². The van der Waals surface area contributed by atoms with Crippen LogP contribution < -0.4 is 10.5 Å². The molecule has 0 fully saturated rings. The lowest BCUT2D eigenvalue weighted by Gasteiger charge is -2.13. The number of unbranched alkanes of at least 4 members (excludes halogenated alkanes) is 1. The summed E-state index contributed by atoms with van der Waals surface area (Å²) in [5.41, 5.74) is 7.87. The molecule has 0 saturated carbocycles. The third-order valence-electron chi connectivity index (χ3n) is 2.34. The van der Waals surface area contributed by atoms with Crippen LogP contribution in [0.5, 0.6) is 5.75 Å². The molecule has 0 unspecified atom stereocenters. The summed E-state index contributed by atoms with van der Waals surface area (Å²) in [7, 11) is 0. The van der Waals surface area contributed by atoms with Gasteiger partial charge in [-0.3, -0.25) is 0 Å². The van der Waals surface area contributed by atoms with E-state index in [9.17, 15) is 0 Å². The first kappa shape index (κ1) is 13.3. The van der Waals surface area contributed by atoms with Crippen LogP contribution in [0.3, 0.4) is 0 Å². The third-order valence-corrected chi connectivity index (χ3v) is 2.79. The van der Waals surface area contributed by atoms with Gasteiger partial charge in [0.1, 0.15) is 5.75 Å². The van der Waals surface area contributed by atoms with Crippen molar-refractivity contribution in [1.29, 1.82) is 0 Å². The molecule has 1 aromatic rings. The number of hydrogen-bond donors (Lipinski definition) is 1. The van der Waals surface area contributed by atoms with E-state index in [1.165, 1.54) is 0 Å². The van der Waals surface area contributed by atoms with Gasteiger partial charge in [-0.25, -0.2) is 0 Å². The minimum atomic E-state index is 0.497. The molecule has 0 aliphatic heterocycles. The van der Waals surface area contributed by atoms with Gasteiger partial charge in [0.05, 0.1) is 6.61 Å². The molecule has 88 valence electrons. The molecule has 3 heteroatoms. The van der Waals surface area contributed by atoms with Crippen molar-refractivity contribution < 1.29 is 4.74 Å². The number of rotatable bonds is 6. The zero-order valence-electron chi connectivity index (χ0n) is 9.63. The molecule has 0 aliphatic carbocycles. The molecule has 0 saturated heterocycles. The minimum absolute atomic E-state index is 0.497. The van der Waals surface area contributed by atoms with Crippen LogP contribution in [-0.2, 0) is 6.54 Å². The van der Waals surface area contributed by atoms with Gasteiger partial charge >= 0.3 is 0 Å². The van der Waals surface area contributed by atoms with Crippen molar-refractivity contribution in [3.8, 4) is 5.75 Å². The van der Waals surface area contributed by atoms with Crippen LogP contribution in [0.2, 0.25) is 0 Å². The molecule has 2 N–H and O–H groups in total. The predicted molar refractivity (Wildman–Crippen MR) is 71.7 cm³/mol. The Kier molecular flexibility index (Phi) is 5.56. The summed E-state index contributed by atoms with van der Waals surface area (Å²) in [6.07, 6.45) is 3.87. The fourth-order valence-electron chi connectivity index (χ4n) is 1.56. The van der Waals surface area contributed by atoms with Gasteiger partial charge in [0.2, 0.25) is 0 Å². The monoisotopic (exact) mass is 283 g/mol. The molecule has 0 aliphatic rings. The van der Waals surface area contributed by atoms with Crippen molar-refractivity contribution in [2.45, 2.75) is 26.3 Å². The van der Waals surface area contributed by atoms with E-state index in [1.807, 2.05) is 25.1 Å². The molecule has 1 aromatic carbocycles. The highest BCUT2D eigenvalue weighted by molar-refractivity contribution is 9.10. The molecule has 0 bridgehead atoms. The summed E-state index contributed by atoms with van der Waals surface area (Å²) in [6, 6.07) is 4.05.